The third kappa shape index (κ3) is 2.20. The molecule has 1 aliphatic rings. The summed E-state index contributed by atoms with van der Waals surface area (Å²) in [4.78, 5) is 0. The first-order valence-electron chi connectivity index (χ1n) is 7.20. The van der Waals surface area contributed by atoms with Crippen molar-refractivity contribution < 1.29 is 4.74 Å². The Morgan fingerprint density at radius 3 is 2.65 bits per heavy atom. The fourth-order valence-electron chi connectivity index (χ4n) is 2.93. The van der Waals surface area contributed by atoms with Crippen LogP contribution in [0, 0.1) is 13.8 Å². The van der Waals surface area contributed by atoms with Gasteiger partial charge in [-0.05, 0) is 43.1 Å². The van der Waals surface area contributed by atoms with Crippen molar-refractivity contribution in [3.05, 3.63) is 53.1 Å². The zero-order valence-corrected chi connectivity index (χ0v) is 12.4. The van der Waals surface area contributed by atoms with Crippen LogP contribution in [0.1, 0.15) is 16.7 Å². The lowest BCUT2D eigenvalue weighted by Gasteiger charge is -2.14. The van der Waals surface area contributed by atoms with Crippen molar-refractivity contribution in [1.29, 1.82) is 0 Å². The molecule has 0 amide bonds. The highest BCUT2D eigenvalue weighted by Crippen LogP contribution is 2.40. The van der Waals surface area contributed by atoms with Gasteiger partial charge in [0.05, 0.1) is 0 Å². The minimum atomic E-state index is 0.251. The third-order valence-corrected chi connectivity index (χ3v) is 4.16. The van der Waals surface area contributed by atoms with E-state index in [9.17, 15) is 0 Å². The maximum Gasteiger partial charge on any atom is 0.130 e. The van der Waals surface area contributed by atoms with Crippen molar-refractivity contribution in [2.24, 2.45) is 0 Å². The smallest absolute Gasteiger partial charge is 0.130 e. The highest BCUT2D eigenvalue weighted by molar-refractivity contribution is 5.76. The Labute approximate surface area is 120 Å². The molecular formula is C18H21NO. The van der Waals surface area contributed by atoms with Crippen LogP contribution in [-0.2, 0) is 6.42 Å². The molecule has 2 heteroatoms. The molecule has 0 bridgehead atoms. The summed E-state index contributed by atoms with van der Waals surface area (Å²) in [5.74, 6) is 1.07. The quantitative estimate of drug-likeness (QED) is 0.919. The molecule has 0 unspecified atom stereocenters. The van der Waals surface area contributed by atoms with Gasteiger partial charge in [0.25, 0.3) is 0 Å². The zero-order chi connectivity index (χ0) is 14.1. The molecule has 2 aromatic carbocycles. The third-order valence-electron chi connectivity index (χ3n) is 4.16. The maximum atomic E-state index is 6.17. The molecule has 1 atom stereocenters. The Hall–Kier alpha value is -1.80. The molecule has 2 aromatic rings. The molecule has 0 fully saturated rings. The normalized spacial score (nSPS) is 16.9. The number of hydrogen-bond acceptors (Lipinski definition) is 2. The standard InChI is InChI=1S/C18H21NO/c1-12-6-4-8-16(13(12)2)17-9-5-7-14-10-15(11-19-3)20-18(14)17/h4-9,15,19H,10-11H2,1-3H3/t15-/m0/s1. The van der Waals surface area contributed by atoms with E-state index in [0.717, 1.165) is 18.7 Å². The van der Waals surface area contributed by atoms with Gasteiger partial charge in [-0.3, -0.25) is 0 Å². The molecule has 0 aliphatic carbocycles. The lowest BCUT2D eigenvalue weighted by Crippen LogP contribution is -2.27. The van der Waals surface area contributed by atoms with E-state index in [1.807, 2.05) is 7.05 Å². The molecule has 0 aromatic heterocycles. The SMILES string of the molecule is CNC[C@@H]1Cc2cccc(-c3cccc(C)c3C)c2O1. The summed E-state index contributed by atoms with van der Waals surface area (Å²) in [5, 5.41) is 3.20. The van der Waals surface area contributed by atoms with Crippen molar-refractivity contribution in [2.75, 3.05) is 13.6 Å². The van der Waals surface area contributed by atoms with Gasteiger partial charge in [0.2, 0.25) is 0 Å². The number of rotatable bonds is 3. The number of benzene rings is 2. The van der Waals surface area contributed by atoms with E-state index >= 15 is 0 Å². The van der Waals surface area contributed by atoms with Crippen LogP contribution in [0.2, 0.25) is 0 Å². The average Bonchev–Trinajstić information content (AvgIpc) is 2.85. The second-order valence-electron chi connectivity index (χ2n) is 5.54. The van der Waals surface area contributed by atoms with Crippen LogP contribution >= 0.6 is 0 Å². The van der Waals surface area contributed by atoms with Crippen LogP contribution < -0.4 is 10.1 Å². The van der Waals surface area contributed by atoms with Crippen molar-refractivity contribution in [3.63, 3.8) is 0 Å². The summed E-state index contributed by atoms with van der Waals surface area (Å²) < 4.78 is 6.17. The van der Waals surface area contributed by atoms with E-state index in [2.05, 4.69) is 55.6 Å². The lowest BCUT2D eigenvalue weighted by molar-refractivity contribution is 0.232. The van der Waals surface area contributed by atoms with E-state index in [0.29, 0.717) is 0 Å². The van der Waals surface area contributed by atoms with Gasteiger partial charge in [-0.1, -0.05) is 36.4 Å². The van der Waals surface area contributed by atoms with Crippen LogP contribution in [0.15, 0.2) is 36.4 Å². The maximum absolute atomic E-state index is 6.17. The molecule has 1 aliphatic heterocycles. The first-order valence-corrected chi connectivity index (χ1v) is 7.20. The molecule has 104 valence electrons. The van der Waals surface area contributed by atoms with Gasteiger partial charge >= 0.3 is 0 Å². The van der Waals surface area contributed by atoms with Gasteiger partial charge in [0.1, 0.15) is 11.9 Å². The van der Waals surface area contributed by atoms with Gasteiger partial charge in [-0.2, -0.15) is 0 Å². The zero-order valence-electron chi connectivity index (χ0n) is 12.4. The summed E-state index contributed by atoms with van der Waals surface area (Å²) in [5.41, 5.74) is 6.49. The largest absolute Gasteiger partial charge is 0.488 e. The summed E-state index contributed by atoms with van der Waals surface area (Å²) in [7, 11) is 1.97. The Balaban J connectivity index is 2.05. The highest BCUT2D eigenvalue weighted by atomic mass is 16.5. The number of hydrogen-bond donors (Lipinski definition) is 1. The first kappa shape index (κ1) is 13.2. The second-order valence-corrected chi connectivity index (χ2v) is 5.54. The van der Waals surface area contributed by atoms with E-state index < -0.39 is 0 Å². The van der Waals surface area contributed by atoms with Gasteiger partial charge in [-0.15, -0.1) is 0 Å². The van der Waals surface area contributed by atoms with E-state index in [1.165, 1.54) is 27.8 Å². The molecule has 0 saturated carbocycles. The van der Waals surface area contributed by atoms with Crippen LogP contribution in [0.4, 0.5) is 0 Å². The van der Waals surface area contributed by atoms with Gasteiger partial charge in [0.15, 0.2) is 0 Å². The Kier molecular flexibility index (Phi) is 3.49. The number of fused-ring (bicyclic) bond motifs is 1. The molecule has 2 nitrogen and oxygen atoms in total. The molecule has 1 heterocycles. The minimum absolute atomic E-state index is 0.251. The summed E-state index contributed by atoms with van der Waals surface area (Å²) in [6, 6.07) is 13.0. The van der Waals surface area contributed by atoms with Crippen molar-refractivity contribution >= 4 is 0 Å². The topological polar surface area (TPSA) is 21.3 Å². The monoisotopic (exact) mass is 267 g/mol. The van der Waals surface area contributed by atoms with E-state index in [4.69, 9.17) is 4.74 Å². The Bertz CT molecular complexity index is 633. The minimum Gasteiger partial charge on any atom is -0.488 e. The summed E-state index contributed by atoms with van der Waals surface area (Å²) in [6.45, 7) is 5.23. The fourth-order valence-corrected chi connectivity index (χ4v) is 2.93. The summed E-state index contributed by atoms with van der Waals surface area (Å²) in [6.07, 6.45) is 1.25. The fraction of sp³-hybridized carbons (Fsp3) is 0.333. The average molecular weight is 267 g/mol. The van der Waals surface area contributed by atoms with Crippen LogP contribution in [0.25, 0.3) is 11.1 Å². The molecule has 0 radical (unpaired) electrons. The van der Waals surface area contributed by atoms with E-state index in [-0.39, 0.29) is 6.10 Å². The van der Waals surface area contributed by atoms with Gasteiger partial charge < -0.3 is 10.1 Å². The predicted molar refractivity (Wildman–Crippen MR) is 83.4 cm³/mol. The number of likely N-dealkylation sites (N-methyl/N-ethyl adjacent to an activating group) is 1. The Morgan fingerprint density at radius 2 is 1.85 bits per heavy atom. The summed E-state index contributed by atoms with van der Waals surface area (Å²) >= 11 is 0. The lowest BCUT2D eigenvalue weighted by atomic mass is 9.95. The van der Waals surface area contributed by atoms with Crippen LogP contribution in [0.5, 0.6) is 5.75 Å². The molecule has 0 saturated heterocycles. The van der Waals surface area contributed by atoms with Crippen LogP contribution in [-0.4, -0.2) is 19.7 Å². The first-order chi connectivity index (χ1) is 9.70. The number of ether oxygens (including phenoxy) is 1. The molecular weight excluding hydrogens is 246 g/mol. The highest BCUT2D eigenvalue weighted by Gasteiger charge is 2.25. The van der Waals surface area contributed by atoms with Crippen molar-refractivity contribution in [2.45, 2.75) is 26.4 Å². The van der Waals surface area contributed by atoms with Gasteiger partial charge in [-0.25, -0.2) is 0 Å². The number of para-hydroxylation sites is 1. The number of nitrogens with one attached hydrogen (secondary N) is 1. The molecule has 3 rings (SSSR count). The number of aryl methyl sites for hydroxylation is 1. The Morgan fingerprint density at radius 1 is 1.10 bits per heavy atom. The van der Waals surface area contributed by atoms with Crippen LogP contribution in [0.3, 0.4) is 0 Å². The second kappa shape index (κ2) is 5.29. The molecule has 1 N–H and O–H groups in total. The van der Waals surface area contributed by atoms with Crippen molar-refractivity contribution in [1.82, 2.24) is 5.32 Å². The van der Waals surface area contributed by atoms with E-state index in [1.54, 1.807) is 0 Å². The molecule has 20 heavy (non-hydrogen) atoms. The molecule has 0 spiro atoms. The van der Waals surface area contributed by atoms with Crippen molar-refractivity contribution in [3.8, 4) is 16.9 Å². The van der Waals surface area contributed by atoms with Gasteiger partial charge in [0, 0.05) is 18.5 Å². The predicted octanol–water partition coefficient (Wildman–Crippen LogP) is 3.49.